The Morgan fingerprint density at radius 3 is 2.72 bits per heavy atom. The standard InChI is InChI=1S/C16H21N3O5S/c1-10-7-11-8-12(25(17,23)24)4-5-13(11)19(10)15(20)9-18-6-2-3-14(18)16(21)22/h4-5,8,10,14H,2-3,6-7,9H2,1H3,(H,21,22)(H2,17,23,24)/t10?,14-/m0/s1. The highest BCUT2D eigenvalue weighted by atomic mass is 32.2. The summed E-state index contributed by atoms with van der Waals surface area (Å²) in [6, 6.07) is 3.75. The second kappa shape index (κ2) is 6.40. The molecule has 0 spiro atoms. The Bertz CT molecular complexity index is 823. The van der Waals surface area contributed by atoms with E-state index in [2.05, 4.69) is 0 Å². The molecule has 25 heavy (non-hydrogen) atoms. The van der Waals surface area contributed by atoms with E-state index < -0.39 is 22.0 Å². The summed E-state index contributed by atoms with van der Waals surface area (Å²) in [5.41, 5.74) is 1.42. The molecular formula is C16H21N3O5S. The molecule has 136 valence electrons. The fourth-order valence-electron chi connectivity index (χ4n) is 3.71. The molecule has 0 aliphatic carbocycles. The molecule has 1 aromatic carbocycles. The van der Waals surface area contributed by atoms with Gasteiger partial charge in [0.1, 0.15) is 6.04 Å². The summed E-state index contributed by atoms with van der Waals surface area (Å²) in [6.07, 6.45) is 1.84. The van der Waals surface area contributed by atoms with Crippen LogP contribution in [-0.4, -0.2) is 55.5 Å². The van der Waals surface area contributed by atoms with Gasteiger partial charge in [-0.1, -0.05) is 0 Å². The molecule has 0 bridgehead atoms. The van der Waals surface area contributed by atoms with Crippen molar-refractivity contribution >= 4 is 27.6 Å². The molecule has 2 aliphatic heterocycles. The van der Waals surface area contributed by atoms with E-state index in [0.29, 0.717) is 25.1 Å². The van der Waals surface area contributed by atoms with Gasteiger partial charge in [0.15, 0.2) is 0 Å². The van der Waals surface area contributed by atoms with Gasteiger partial charge in [-0.3, -0.25) is 14.5 Å². The smallest absolute Gasteiger partial charge is 0.320 e. The summed E-state index contributed by atoms with van der Waals surface area (Å²) < 4.78 is 23.0. The number of nitrogens with two attached hydrogens (primary N) is 1. The van der Waals surface area contributed by atoms with E-state index >= 15 is 0 Å². The number of carboxylic acid groups (broad SMARTS) is 1. The van der Waals surface area contributed by atoms with E-state index in [1.165, 1.54) is 12.1 Å². The van der Waals surface area contributed by atoms with Crippen molar-refractivity contribution in [3.8, 4) is 0 Å². The number of rotatable bonds is 4. The summed E-state index contributed by atoms with van der Waals surface area (Å²) in [4.78, 5) is 27.4. The normalized spacial score (nSPS) is 23.7. The van der Waals surface area contributed by atoms with Crippen LogP contribution < -0.4 is 10.0 Å². The van der Waals surface area contributed by atoms with Crippen molar-refractivity contribution in [2.24, 2.45) is 5.14 Å². The first-order valence-electron chi connectivity index (χ1n) is 8.13. The maximum Gasteiger partial charge on any atom is 0.320 e. The molecular weight excluding hydrogens is 346 g/mol. The summed E-state index contributed by atoms with van der Waals surface area (Å²) in [5, 5.41) is 14.4. The minimum atomic E-state index is -3.79. The van der Waals surface area contributed by atoms with Crippen molar-refractivity contribution in [1.29, 1.82) is 0 Å². The van der Waals surface area contributed by atoms with Crippen LogP contribution in [0.25, 0.3) is 0 Å². The second-order valence-electron chi connectivity index (χ2n) is 6.62. The second-order valence-corrected chi connectivity index (χ2v) is 8.18. The molecule has 3 N–H and O–H groups in total. The number of benzene rings is 1. The van der Waals surface area contributed by atoms with Crippen LogP contribution >= 0.6 is 0 Å². The van der Waals surface area contributed by atoms with E-state index in [-0.39, 0.29) is 23.4 Å². The Kier molecular flexibility index (Phi) is 4.56. The minimum Gasteiger partial charge on any atom is -0.480 e. The lowest BCUT2D eigenvalue weighted by atomic mass is 10.1. The van der Waals surface area contributed by atoms with Crippen LogP contribution in [0.5, 0.6) is 0 Å². The van der Waals surface area contributed by atoms with Crippen molar-refractivity contribution in [2.45, 2.75) is 43.2 Å². The van der Waals surface area contributed by atoms with Gasteiger partial charge in [-0.05, 0) is 56.5 Å². The van der Waals surface area contributed by atoms with Crippen LogP contribution in [0.4, 0.5) is 5.69 Å². The highest BCUT2D eigenvalue weighted by Crippen LogP contribution is 2.34. The fourth-order valence-corrected chi connectivity index (χ4v) is 4.27. The fraction of sp³-hybridized carbons (Fsp3) is 0.500. The molecule has 0 radical (unpaired) electrons. The average molecular weight is 367 g/mol. The minimum absolute atomic E-state index is 0.0261. The SMILES string of the molecule is CC1Cc2cc(S(N)(=O)=O)ccc2N1C(=O)CN1CCC[C@H]1C(=O)O. The molecule has 9 heteroatoms. The lowest BCUT2D eigenvalue weighted by Gasteiger charge is -2.27. The summed E-state index contributed by atoms with van der Waals surface area (Å²) in [5.74, 6) is -1.08. The van der Waals surface area contributed by atoms with Gasteiger partial charge < -0.3 is 10.0 Å². The highest BCUT2D eigenvalue weighted by molar-refractivity contribution is 7.89. The van der Waals surface area contributed by atoms with Crippen LogP contribution in [0, 0.1) is 0 Å². The Labute approximate surface area is 146 Å². The number of anilines is 1. The van der Waals surface area contributed by atoms with Gasteiger partial charge in [0.2, 0.25) is 15.9 Å². The molecule has 1 unspecified atom stereocenters. The quantitative estimate of drug-likeness (QED) is 0.782. The van der Waals surface area contributed by atoms with Crippen molar-refractivity contribution in [3.05, 3.63) is 23.8 Å². The van der Waals surface area contributed by atoms with Gasteiger partial charge in [-0.2, -0.15) is 0 Å². The number of likely N-dealkylation sites (tertiary alicyclic amines) is 1. The monoisotopic (exact) mass is 367 g/mol. The Morgan fingerprint density at radius 2 is 2.08 bits per heavy atom. The van der Waals surface area contributed by atoms with Gasteiger partial charge in [-0.25, -0.2) is 13.6 Å². The van der Waals surface area contributed by atoms with Gasteiger partial charge in [0.25, 0.3) is 0 Å². The van der Waals surface area contributed by atoms with Crippen molar-refractivity contribution in [2.75, 3.05) is 18.0 Å². The number of carbonyl (C=O) groups is 2. The number of carboxylic acids is 1. The maximum atomic E-state index is 12.8. The molecule has 1 saturated heterocycles. The zero-order valence-corrected chi connectivity index (χ0v) is 14.7. The number of fused-ring (bicyclic) bond motifs is 1. The number of sulfonamides is 1. The molecule has 2 aliphatic rings. The zero-order chi connectivity index (χ0) is 18.4. The number of primary sulfonamides is 1. The topological polar surface area (TPSA) is 121 Å². The molecule has 1 amide bonds. The number of hydrogen-bond acceptors (Lipinski definition) is 5. The van der Waals surface area contributed by atoms with Crippen LogP contribution in [0.1, 0.15) is 25.3 Å². The highest BCUT2D eigenvalue weighted by Gasteiger charge is 2.36. The van der Waals surface area contributed by atoms with E-state index in [1.807, 2.05) is 6.92 Å². The van der Waals surface area contributed by atoms with Gasteiger partial charge in [-0.15, -0.1) is 0 Å². The van der Waals surface area contributed by atoms with Crippen molar-refractivity contribution < 1.29 is 23.1 Å². The predicted octanol–water partition coefficient (Wildman–Crippen LogP) is 0.161. The van der Waals surface area contributed by atoms with E-state index in [1.54, 1.807) is 15.9 Å². The molecule has 1 aromatic rings. The van der Waals surface area contributed by atoms with Crippen molar-refractivity contribution in [3.63, 3.8) is 0 Å². The predicted molar refractivity (Wildman–Crippen MR) is 90.7 cm³/mol. The molecule has 0 aromatic heterocycles. The lowest BCUT2D eigenvalue weighted by Crippen LogP contribution is -2.46. The van der Waals surface area contributed by atoms with Crippen LogP contribution in [0.15, 0.2) is 23.1 Å². The Hall–Kier alpha value is -1.97. The third-order valence-corrected chi connectivity index (χ3v) is 5.76. The first-order valence-corrected chi connectivity index (χ1v) is 9.68. The molecule has 3 rings (SSSR count). The van der Waals surface area contributed by atoms with E-state index in [0.717, 1.165) is 12.0 Å². The zero-order valence-electron chi connectivity index (χ0n) is 13.9. The van der Waals surface area contributed by atoms with Crippen LogP contribution in [0.2, 0.25) is 0 Å². The largest absolute Gasteiger partial charge is 0.480 e. The Balaban J connectivity index is 1.82. The van der Waals surface area contributed by atoms with Crippen LogP contribution in [-0.2, 0) is 26.0 Å². The number of aliphatic carboxylic acids is 1. The maximum absolute atomic E-state index is 12.8. The third kappa shape index (κ3) is 3.39. The number of carbonyl (C=O) groups excluding carboxylic acids is 1. The first-order chi connectivity index (χ1) is 11.7. The Morgan fingerprint density at radius 1 is 1.36 bits per heavy atom. The summed E-state index contributed by atoms with van der Waals surface area (Å²) in [7, 11) is -3.79. The number of nitrogens with zero attached hydrogens (tertiary/aromatic N) is 2. The number of hydrogen-bond donors (Lipinski definition) is 2. The molecule has 8 nitrogen and oxygen atoms in total. The molecule has 2 heterocycles. The number of amides is 1. The van der Waals surface area contributed by atoms with Crippen molar-refractivity contribution in [1.82, 2.24) is 4.90 Å². The first kappa shape index (κ1) is 17.8. The van der Waals surface area contributed by atoms with E-state index in [9.17, 15) is 23.1 Å². The lowest BCUT2D eigenvalue weighted by molar-refractivity contribution is -0.142. The summed E-state index contributed by atoms with van der Waals surface area (Å²) >= 11 is 0. The van der Waals surface area contributed by atoms with Gasteiger partial charge in [0, 0.05) is 11.7 Å². The molecule has 1 fully saturated rings. The third-order valence-electron chi connectivity index (χ3n) is 4.85. The van der Waals surface area contributed by atoms with E-state index in [4.69, 9.17) is 5.14 Å². The summed E-state index contributed by atoms with van der Waals surface area (Å²) in [6.45, 7) is 2.51. The van der Waals surface area contributed by atoms with Crippen LogP contribution in [0.3, 0.4) is 0 Å². The average Bonchev–Trinajstić information content (AvgIpc) is 3.08. The van der Waals surface area contributed by atoms with Gasteiger partial charge >= 0.3 is 5.97 Å². The van der Waals surface area contributed by atoms with Gasteiger partial charge in [0.05, 0.1) is 11.4 Å². The molecule has 0 saturated carbocycles. The molecule has 2 atom stereocenters.